The number of aliphatic carboxylic acids is 1. The largest absolute Gasteiger partial charge is 0.479 e. The summed E-state index contributed by atoms with van der Waals surface area (Å²) in [7, 11) is 0. The Morgan fingerprint density at radius 1 is 0.505 bits per heavy atom. The van der Waals surface area contributed by atoms with E-state index in [1.54, 1.807) is 6.92 Å². The van der Waals surface area contributed by atoms with Crippen molar-refractivity contribution in [1.29, 1.82) is 0 Å². The molecular formula is C73H114O38. The minimum absolute atomic E-state index is 0.0269. The van der Waals surface area contributed by atoms with Crippen molar-refractivity contribution in [2.24, 2.45) is 50.2 Å². The number of aldehydes is 1. The average molecular weight is 1600 g/mol. The molecule has 0 bridgehead atoms. The van der Waals surface area contributed by atoms with Gasteiger partial charge in [-0.15, -0.1) is 0 Å². The molecule has 4 saturated carbocycles. The average Bonchev–Trinajstić information content (AvgIpc) is 0.669. The Hall–Kier alpha value is -3.42. The highest BCUT2D eigenvalue weighted by Gasteiger charge is 2.73. The molecule has 111 heavy (non-hydrogen) atoms. The fraction of sp³-hybridized carbons (Fsp3) is 0.918. The number of aliphatic hydroxyl groups is 18. The first-order valence-corrected chi connectivity index (χ1v) is 38.3. The molecule has 38 nitrogen and oxygen atoms in total. The van der Waals surface area contributed by atoms with E-state index in [1.165, 1.54) is 20.8 Å². The number of hydrogen-bond donors (Lipinski definition) is 19. The highest BCUT2D eigenvalue weighted by molar-refractivity contribution is 5.80. The maximum Gasteiger partial charge on any atom is 0.335 e. The molecular weight excluding hydrogens is 1480 g/mol. The van der Waals surface area contributed by atoms with E-state index in [0.29, 0.717) is 38.5 Å². The van der Waals surface area contributed by atoms with Gasteiger partial charge in [-0.05, 0) is 118 Å². The lowest BCUT2D eigenvalue weighted by Crippen LogP contribution is -2.70. The van der Waals surface area contributed by atoms with Gasteiger partial charge in [0.05, 0.1) is 49.1 Å². The number of aliphatic hydroxyl groups excluding tert-OH is 18. The smallest absolute Gasteiger partial charge is 0.335 e. The van der Waals surface area contributed by atoms with Crippen LogP contribution in [0.5, 0.6) is 0 Å². The fourth-order valence-corrected chi connectivity index (χ4v) is 20.6. The number of rotatable bonds is 19. The van der Waals surface area contributed by atoms with Crippen LogP contribution in [0.25, 0.3) is 0 Å². The molecule has 7 saturated heterocycles. The molecule has 7 heterocycles. The van der Waals surface area contributed by atoms with Gasteiger partial charge in [-0.3, -0.25) is 9.59 Å². The predicted molar refractivity (Wildman–Crippen MR) is 362 cm³/mol. The molecule has 11 fully saturated rings. The standard InChI is InChI=1S/C73H114O38/c1-25-38(79)43(84)48(89)61(99-25)107-55-52(93)56(59(94)95)108-66(58(55)110-63-49(90)44(85)41(82)32(21-74)102-63)104-37-14-15-69(7)34(70(37,8)24-75)13-16-71(9)35(69)12-11-29-30-19-68(5,6)17-18-73(30,36(78)20-72(29,71)10)67(96)111-65-57(109-62-51(92)46(87)53(27(3)101-62)105-60-47(88)40(81)31(77)22-98-60)54(39(80)26(2)100-65)106-64-50(91)45(86)42(83)33(103-64)23-97-28(4)76/h11,24-27,30-58,60-66,74,77-93H,12-23H2,1-10H3,(H,94,95)/t25-,26+,27-,30-,31+,32+,33+,34+,35+,36+,37-,38-,39-,40-,41-,42+,43+,44-,45-,46-,47+,48+,49+,50+,51+,52-,53-,54-,55-,56-,57+,58+,60-,61-,62-,63-,64-,65-,66+,69-,70-,71+,72+,73+/m0/s1. The maximum atomic E-state index is 16.2. The normalized spacial score (nSPS) is 54.0. The van der Waals surface area contributed by atoms with E-state index in [-0.39, 0.29) is 25.2 Å². The lowest BCUT2D eigenvalue weighted by molar-refractivity contribution is -0.394. The van der Waals surface area contributed by atoms with Crippen molar-refractivity contribution in [3.8, 4) is 0 Å². The lowest BCUT2D eigenvalue weighted by Gasteiger charge is -2.71. The van der Waals surface area contributed by atoms with E-state index in [0.717, 1.165) is 18.8 Å². The number of esters is 2. The van der Waals surface area contributed by atoms with Gasteiger partial charge in [-0.25, -0.2) is 4.79 Å². The van der Waals surface area contributed by atoms with Gasteiger partial charge in [0.15, 0.2) is 49.9 Å². The van der Waals surface area contributed by atoms with E-state index in [2.05, 4.69) is 26.8 Å². The molecule has 5 aliphatic carbocycles. The zero-order valence-electron chi connectivity index (χ0n) is 63.4. The van der Waals surface area contributed by atoms with E-state index >= 15 is 4.79 Å². The summed E-state index contributed by atoms with van der Waals surface area (Å²) < 4.78 is 90.7. The molecule has 38 heteroatoms. The molecule has 0 aromatic rings. The van der Waals surface area contributed by atoms with Crippen molar-refractivity contribution in [3.63, 3.8) is 0 Å². The monoisotopic (exact) mass is 1600 g/mol. The van der Waals surface area contributed by atoms with Gasteiger partial charge in [0.2, 0.25) is 6.29 Å². The summed E-state index contributed by atoms with van der Waals surface area (Å²) in [6, 6.07) is 0. The SMILES string of the molecule is CC(=O)OC[C@H]1O[C@@H](O[C@H]2[C@@H](O)[C@@H](C)O[C@@H](OC(=O)[C@]34CCC(C)(C)C[C@H]3C3=CC[C@@H]5[C@@]6(C)CC[C@H](O[C@@H]7O[C@H](C(=O)O)[C@@H](O)[C@H](O[C@@H]8O[C@@H](C)[C@H](O)[C@@H](O)[C@H]8O)[C@H]7O[C@@H]7O[C@H](CO)[C@H](O)[C@H](O)[C@H]7O)[C@@](C)(C=O)[C@@H]6CC[C@@]5(C)[C@]3(C)C[C@H]4O)[C@@H]2O[C@@H]2O[C@@H](C)[C@H](O[C@@H]3OC[C@@H](O)[C@H](O)[C@H]3O)[C@@H](O)[C@H]2O)[C@H](O)[C@@H](O)[C@@H]1O. The van der Waals surface area contributed by atoms with Gasteiger partial charge < -0.3 is 173 Å². The van der Waals surface area contributed by atoms with Crippen LogP contribution in [0.2, 0.25) is 0 Å². The first-order chi connectivity index (χ1) is 51.9. The Morgan fingerprint density at radius 2 is 1.03 bits per heavy atom. The second-order valence-corrected chi connectivity index (χ2v) is 34.6. The van der Waals surface area contributed by atoms with Crippen molar-refractivity contribution in [2.45, 2.75) is 348 Å². The van der Waals surface area contributed by atoms with E-state index in [4.69, 9.17) is 71.1 Å². The molecule has 0 aromatic carbocycles. The Bertz CT molecular complexity index is 3300. The van der Waals surface area contributed by atoms with Crippen LogP contribution in [0.3, 0.4) is 0 Å². The predicted octanol–water partition coefficient (Wildman–Crippen LogP) is -6.03. The summed E-state index contributed by atoms with van der Waals surface area (Å²) in [5.74, 6) is -5.13. The number of ether oxygens (including phenoxy) is 15. The first-order valence-electron chi connectivity index (χ1n) is 38.3. The summed E-state index contributed by atoms with van der Waals surface area (Å²) in [5.41, 5.74) is -5.28. The quantitative estimate of drug-likeness (QED) is 0.0248. The van der Waals surface area contributed by atoms with E-state index in [1.807, 2.05) is 13.8 Å². The van der Waals surface area contributed by atoms with Crippen LogP contribution in [0, 0.1) is 50.2 Å². The number of carbonyl (C=O) groups excluding carboxylic acids is 3. The lowest BCUT2D eigenvalue weighted by atomic mass is 9.33. The summed E-state index contributed by atoms with van der Waals surface area (Å²) >= 11 is 0. The van der Waals surface area contributed by atoms with Crippen LogP contribution in [-0.4, -0.2) is 362 Å². The van der Waals surface area contributed by atoms with Crippen LogP contribution in [-0.2, 0) is 90.2 Å². The Morgan fingerprint density at radius 3 is 1.63 bits per heavy atom. The number of hydrogen-bond acceptors (Lipinski definition) is 37. The molecule has 44 atom stereocenters. The maximum absolute atomic E-state index is 16.2. The zero-order valence-corrected chi connectivity index (χ0v) is 63.4. The van der Waals surface area contributed by atoms with Crippen molar-refractivity contribution in [3.05, 3.63) is 11.6 Å². The van der Waals surface area contributed by atoms with Gasteiger partial charge in [0, 0.05) is 6.92 Å². The third-order valence-electron chi connectivity index (χ3n) is 27.5. The number of fused-ring (bicyclic) bond motifs is 7. The fourth-order valence-electron chi connectivity index (χ4n) is 20.6. The van der Waals surface area contributed by atoms with Crippen LogP contribution in [0.1, 0.15) is 127 Å². The van der Waals surface area contributed by atoms with Crippen LogP contribution in [0.15, 0.2) is 11.6 Å². The second-order valence-electron chi connectivity index (χ2n) is 34.6. The minimum atomic E-state index is -2.25. The number of allylic oxidation sites excluding steroid dienone is 2. The van der Waals surface area contributed by atoms with E-state index in [9.17, 15) is 111 Å². The van der Waals surface area contributed by atoms with Crippen molar-refractivity contribution in [2.75, 3.05) is 19.8 Å². The van der Waals surface area contributed by atoms with E-state index < -0.39 is 303 Å². The van der Waals surface area contributed by atoms with Gasteiger partial charge in [-0.1, -0.05) is 53.2 Å². The Balaban J connectivity index is 0.842. The molecule has 634 valence electrons. The minimum Gasteiger partial charge on any atom is -0.479 e. The topological polar surface area (TPSA) is 591 Å². The molecule has 19 N–H and O–H groups in total. The number of carboxylic acid groups (broad SMARTS) is 1. The Labute approximate surface area is 639 Å². The Kier molecular flexibility index (Phi) is 25.6. The molecule has 0 radical (unpaired) electrons. The van der Waals surface area contributed by atoms with Crippen molar-refractivity contribution >= 4 is 24.2 Å². The zero-order chi connectivity index (χ0) is 81.3. The first kappa shape index (κ1) is 86.9. The van der Waals surface area contributed by atoms with Gasteiger partial charge in [-0.2, -0.15) is 0 Å². The molecule has 12 aliphatic rings. The third-order valence-corrected chi connectivity index (χ3v) is 27.5. The number of carbonyl (C=O) groups is 4. The molecule has 0 unspecified atom stereocenters. The molecule has 0 spiro atoms. The van der Waals surface area contributed by atoms with Gasteiger partial charge in [0.25, 0.3) is 0 Å². The molecule has 0 amide bonds. The highest BCUT2D eigenvalue weighted by atomic mass is 16.8. The second kappa shape index (κ2) is 32.7. The van der Waals surface area contributed by atoms with Crippen LogP contribution >= 0.6 is 0 Å². The van der Waals surface area contributed by atoms with Gasteiger partial charge >= 0.3 is 17.9 Å². The van der Waals surface area contributed by atoms with Crippen LogP contribution < -0.4 is 0 Å². The van der Waals surface area contributed by atoms with Crippen molar-refractivity contribution < 1.29 is 187 Å². The van der Waals surface area contributed by atoms with Gasteiger partial charge in [0.1, 0.15) is 153 Å². The third kappa shape index (κ3) is 15.2. The summed E-state index contributed by atoms with van der Waals surface area (Å²) in [4.78, 5) is 55.6. The molecule has 7 aliphatic heterocycles. The summed E-state index contributed by atoms with van der Waals surface area (Å²) in [6.07, 6.45) is -60.6. The summed E-state index contributed by atoms with van der Waals surface area (Å²) in [6.45, 7) is 15.2. The summed E-state index contributed by atoms with van der Waals surface area (Å²) in [5, 5.41) is 212. The molecule has 0 aromatic heterocycles. The highest BCUT2D eigenvalue weighted by Crippen LogP contribution is 2.76. The number of carboxylic acids is 1. The van der Waals surface area contributed by atoms with Crippen molar-refractivity contribution in [1.82, 2.24) is 0 Å². The van der Waals surface area contributed by atoms with Crippen LogP contribution in [0.4, 0.5) is 0 Å². The molecule has 12 rings (SSSR count).